The molecule has 2 aromatic rings. The van der Waals surface area contributed by atoms with Crippen molar-refractivity contribution in [1.82, 2.24) is 0 Å². The topological polar surface area (TPSA) is 162 Å². The number of phenols is 2. The molecule has 9 nitrogen and oxygen atoms in total. The Bertz CT molecular complexity index is 1150. The monoisotopic (exact) mass is 398 g/mol. The van der Waals surface area contributed by atoms with Crippen LogP contribution < -0.4 is 4.74 Å². The summed E-state index contributed by atoms with van der Waals surface area (Å²) in [7, 11) is 0. The summed E-state index contributed by atoms with van der Waals surface area (Å²) in [5.41, 5.74) is -10.2. The highest BCUT2D eigenvalue weighted by Gasteiger charge is 2.83. The molecule has 4 atom stereocenters. The highest BCUT2D eigenvalue weighted by atomic mass is 16.5. The van der Waals surface area contributed by atoms with Crippen molar-refractivity contribution in [3.63, 3.8) is 0 Å². The number of carbonyl (C=O) groups is 3. The number of hydrogen-bond donors (Lipinski definition) is 5. The third kappa shape index (κ3) is 1.66. The maximum Gasteiger partial charge on any atom is 0.318 e. The zero-order chi connectivity index (χ0) is 20.9. The number of aliphatic hydroxyl groups is 3. The smallest absolute Gasteiger partial charge is 0.318 e. The number of esters is 1. The van der Waals surface area contributed by atoms with Gasteiger partial charge in [-0.15, -0.1) is 0 Å². The first-order valence-corrected chi connectivity index (χ1v) is 8.72. The largest absolute Gasteiger partial charge is 0.507 e. The van der Waals surface area contributed by atoms with E-state index >= 15 is 0 Å². The maximum atomic E-state index is 13.4. The predicted molar refractivity (Wildman–Crippen MR) is 92.4 cm³/mol. The number of ether oxygens (including phenoxy) is 1. The molecule has 1 fully saturated rings. The fourth-order valence-corrected chi connectivity index (χ4v) is 4.88. The van der Waals surface area contributed by atoms with Gasteiger partial charge in [-0.2, -0.15) is 0 Å². The molecule has 9 heteroatoms. The fraction of sp³-hybridized carbons (Fsp3) is 0.250. The van der Waals surface area contributed by atoms with Gasteiger partial charge in [-0.3, -0.25) is 14.4 Å². The van der Waals surface area contributed by atoms with Crippen LogP contribution in [0.25, 0.3) is 0 Å². The Morgan fingerprint density at radius 3 is 2.28 bits per heavy atom. The SMILES string of the molecule is O=C1Oc2c(O)cccc2C2(O)CC1C1(O)C(=O)c3cccc(O)c3C(=O)C21O. The van der Waals surface area contributed by atoms with Crippen molar-refractivity contribution >= 4 is 17.5 Å². The highest BCUT2D eigenvalue weighted by Crippen LogP contribution is 2.63. The van der Waals surface area contributed by atoms with Gasteiger partial charge in [-0.05, 0) is 12.1 Å². The van der Waals surface area contributed by atoms with Crippen molar-refractivity contribution in [2.24, 2.45) is 5.92 Å². The van der Waals surface area contributed by atoms with Crippen molar-refractivity contribution in [3.05, 3.63) is 53.1 Å². The van der Waals surface area contributed by atoms with E-state index in [1.165, 1.54) is 24.3 Å². The van der Waals surface area contributed by atoms with E-state index in [4.69, 9.17) is 4.74 Å². The summed E-state index contributed by atoms with van der Waals surface area (Å²) in [5.74, 6) is -7.18. The van der Waals surface area contributed by atoms with Crippen LogP contribution in [0.3, 0.4) is 0 Å². The van der Waals surface area contributed by atoms with Crippen LogP contribution >= 0.6 is 0 Å². The van der Waals surface area contributed by atoms with Crippen LogP contribution in [0, 0.1) is 5.92 Å². The summed E-state index contributed by atoms with van der Waals surface area (Å²) in [5, 5.41) is 54.6. The van der Waals surface area contributed by atoms with Crippen molar-refractivity contribution in [1.29, 1.82) is 0 Å². The number of ketones is 2. The molecule has 5 rings (SSSR count). The van der Waals surface area contributed by atoms with Gasteiger partial charge in [0.2, 0.25) is 5.78 Å². The molecule has 0 saturated heterocycles. The first kappa shape index (κ1) is 17.8. The predicted octanol–water partition coefficient (Wildman–Crippen LogP) is -0.234. The molecule has 0 amide bonds. The Labute approximate surface area is 162 Å². The molecule has 4 unspecified atom stereocenters. The van der Waals surface area contributed by atoms with Crippen molar-refractivity contribution in [2.75, 3.05) is 0 Å². The number of rotatable bonds is 0. The number of Topliss-reactive ketones (excluding diaryl/α,β-unsaturated/α-hetero) is 2. The minimum atomic E-state index is -3.21. The van der Waals surface area contributed by atoms with Crippen molar-refractivity contribution < 1.29 is 44.7 Å². The Kier molecular flexibility index (Phi) is 3.07. The number of para-hydroxylation sites is 1. The Morgan fingerprint density at radius 1 is 0.897 bits per heavy atom. The number of aromatic hydroxyl groups is 2. The van der Waals surface area contributed by atoms with Gasteiger partial charge in [-0.1, -0.05) is 24.3 Å². The van der Waals surface area contributed by atoms with E-state index in [9.17, 15) is 39.9 Å². The normalized spacial score (nSPS) is 34.7. The van der Waals surface area contributed by atoms with Gasteiger partial charge in [0.15, 0.2) is 28.5 Å². The summed E-state index contributed by atoms with van der Waals surface area (Å²) < 4.78 is 5.11. The fourth-order valence-electron chi connectivity index (χ4n) is 4.88. The lowest BCUT2D eigenvalue weighted by atomic mass is 9.62. The summed E-state index contributed by atoms with van der Waals surface area (Å²) in [6.45, 7) is 0. The molecule has 2 aliphatic carbocycles. The lowest BCUT2D eigenvalue weighted by Crippen LogP contribution is -2.72. The number of phenolic OH excluding ortho intramolecular Hbond substituents is 2. The van der Waals surface area contributed by atoms with E-state index in [0.29, 0.717) is 0 Å². The van der Waals surface area contributed by atoms with Gasteiger partial charge in [0, 0.05) is 17.5 Å². The summed E-state index contributed by atoms with van der Waals surface area (Å²) in [6.07, 6.45) is -0.721. The van der Waals surface area contributed by atoms with Crippen LogP contribution in [0.1, 0.15) is 32.7 Å². The molecule has 0 spiro atoms. The van der Waals surface area contributed by atoms with E-state index in [1.807, 2.05) is 0 Å². The van der Waals surface area contributed by atoms with Crippen LogP contribution in [-0.4, -0.2) is 54.3 Å². The quantitative estimate of drug-likeness (QED) is 0.298. The third-order valence-electron chi connectivity index (χ3n) is 6.27. The van der Waals surface area contributed by atoms with Gasteiger partial charge in [-0.25, -0.2) is 0 Å². The van der Waals surface area contributed by atoms with Crippen LogP contribution in [0.2, 0.25) is 0 Å². The third-order valence-corrected chi connectivity index (χ3v) is 6.27. The Hall–Kier alpha value is -3.27. The van der Waals surface area contributed by atoms with Gasteiger partial charge in [0.25, 0.3) is 0 Å². The molecular formula is C20H14O9. The van der Waals surface area contributed by atoms with E-state index in [0.717, 1.165) is 12.1 Å². The van der Waals surface area contributed by atoms with Gasteiger partial charge in [0.05, 0.1) is 5.56 Å². The second kappa shape index (κ2) is 5.01. The van der Waals surface area contributed by atoms with E-state index in [1.54, 1.807) is 0 Å². The molecule has 0 radical (unpaired) electrons. The number of carbonyl (C=O) groups excluding carboxylic acids is 3. The molecule has 5 N–H and O–H groups in total. The van der Waals surface area contributed by atoms with E-state index in [-0.39, 0.29) is 11.1 Å². The van der Waals surface area contributed by atoms with E-state index < -0.39 is 69.5 Å². The zero-order valence-electron chi connectivity index (χ0n) is 14.6. The molecule has 2 bridgehead atoms. The molecule has 1 aliphatic heterocycles. The van der Waals surface area contributed by atoms with Crippen LogP contribution in [0.5, 0.6) is 17.2 Å². The van der Waals surface area contributed by atoms with Gasteiger partial charge in [0.1, 0.15) is 17.3 Å². The minimum Gasteiger partial charge on any atom is -0.507 e. The molecule has 0 aromatic heterocycles. The van der Waals surface area contributed by atoms with Crippen molar-refractivity contribution in [2.45, 2.75) is 23.2 Å². The Balaban J connectivity index is 1.92. The van der Waals surface area contributed by atoms with Crippen LogP contribution in [0.4, 0.5) is 0 Å². The lowest BCUT2D eigenvalue weighted by Gasteiger charge is -2.47. The van der Waals surface area contributed by atoms with Crippen molar-refractivity contribution in [3.8, 4) is 17.2 Å². The molecule has 1 saturated carbocycles. The average Bonchev–Trinajstić information content (AvgIpc) is 2.79. The summed E-state index contributed by atoms with van der Waals surface area (Å²) in [6, 6.07) is 7.19. The molecule has 148 valence electrons. The minimum absolute atomic E-state index is 0.341. The first-order valence-electron chi connectivity index (χ1n) is 8.72. The standard InChI is InChI=1S/C20H14O9/c21-11-5-1-3-8-13(11)16(24)20(28)18(26)7-10(19(20,27)15(8)23)17(25)29-14-9(18)4-2-6-12(14)22/h1-6,10,21-22,26-28H,7H2. The highest BCUT2D eigenvalue weighted by molar-refractivity contribution is 6.25. The van der Waals surface area contributed by atoms with E-state index in [2.05, 4.69) is 0 Å². The van der Waals surface area contributed by atoms with Gasteiger partial charge < -0.3 is 30.3 Å². The summed E-state index contributed by atoms with van der Waals surface area (Å²) >= 11 is 0. The lowest BCUT2D eigenvalue weighted by molar-refractivity contribution is -0.181. The zero-order valence-corrected chi connectivity index (χ0v) is 14.6. The van der Waals surface area contributed by atoms with Crippen LogP contribution in [0.15, 0.2) is 36.4 Å². The second-order valence-corrected chi connectivity index (χ2v) is 7.53. The Morgan fingerprint density at radius 2 is 1.55 bits per heavy atom. The molecular weight excluding hydrogens is 384 g/mol. The summed E-state index contributed by atoms with van der Waals surface area (Å²) in [4.78, 5) is 39.3. The molecule has 2 aromatic carbocycles. The van der Waals surface area contributed by atoms with Gasteiger partial charge >= 0.3 is 5.97 Å². The van der Waals surface area contributed by atoms with Crippen LogP contribution in [-0.2, 0) is 10.4 Å². The number of fused-ring (bicyclic) bond motifs is 8. The molecule has 3 aliphatic rings. The first-order chi connectivity index (χ1) is 13.6. The average molecular weight is 398 g/mol. The maximum absolute atomic E-state index is 13.4. The number of hydrogen-bond acceptors (Lipinski definition) is 9. The number of benzene rings is 2. The second-order valence-electron chi connectivity index (χ2n) is 7.53. The molecule has 29 heavy (non-hydrogen) atoms. The molecule has 1 heterocycles.